The van der Waals surface area contributed by atoms with Crippen molar-refractivity contribution in [1.82, 2.24) is 0 Å². The van der Waals surface area contributed by atoms with Gasteiger partial charge in [-0.15, -0.1) is 0 Å². The van der Waals surface area contributed by atoms with Crippen molar-refractivity contribution in [3.63, 3.8) is 0 Å². The number of methoxy groups -OCH3 is 1. The lowest BCUT2D eigenvalue weighted by molar-refractivity contribution is -0.385. The van der Waals surface area contributed by atoms with Crippen LogP contribution in [-0.4, -0.2) is 29.8 Å². The predicted octanol–water partition coefficient (Wildman–Crippen LogP) is 2.81. The summed E-state index contributed by atoms with van der Waals surface area (Å²) < 4.78 is 5.04. The average molecular weight is 282 g/mol. The van der Waals surface area contributed by atoms with E-state index in [1.165, 1.54) is 13.2 Å². The van der Waals surface area contributed by atoms with Crippen LogP contribution in [0.5, 0.6) is 5.75 Å². The lowest BCUT2D eigenvalue weighted by Crippen LogP contribution is -2.34. The van der Waals surface area contributed by atoms with Gasteiger partial charge in [0.25, 0.3) is 0 Å². The van der Waals surface area contributed by atoms with Crippen molar-refractivity contribution in [3.05, 3.63) is 28.3 Å². The zero-order valence-corrected chi connectivity index (χ0v) is 12.3. The molecule has 0 bridgehead atoms. The van der Waals surface area contributed by atoms with Gasteiger partial charge in [0, 0.05) is 30.5 Å². The Labute approximate surface area is 118 Å². The van der Waals surface area contributed by atoms with Gasteiger partial charge in [-0.25, -0.2) is 0 Å². The average Bonchev–Trinajstić information content (AvgIpc) is 2.36. The third-order valence-electron chi connectivity index (χ3n) is 3.18. The van der Waals surface area contributed by atoms with E-state index in [0.29, 0.717) is 6.42 Å². The summed E-state index contributed by atoms with van der Waals surface area (Å²) in [6, 6.07) is 4.73. The van der Waals surface area contributed by atoms with Crippen LogP contribution in [0.25, 0.3) is 0 Å². The Morgan fingerprint density at radius 2 is 2.10 bits per heavy atom. The molecule has 20 heavy (non-hydrogen) atoms. The largest absolute Gasteiger partial charge is 0.490 e. The monoisotopic (exact) mass is 282 g/mol. The smallest absolute Gasteiger partial charge is 0.311 e. The molecule has 0 aliphatic carbocycles. The second-order valence-corrected chi connectivity index (χ2v) is 5.72. The molecule has 6 heteroatoms. The Bertz CT molecular complexity index is 469. The first-order valence-electron chi connectivity index (χ1n) is 6.49. The first kappa shape index (κ1) is 16.2. The topological polar surface area (TPSA) is 84.6 Å². The van der Waals surface area contributed by atoms with Crippen molar-refractivity contribution in [2.24, 2.45) is 5.41 Å². The molecule has 2 N–H and O–H groups in total. The van der Waals surface area contributed by atoms with Crippen LogP contribution in [-0.2, 0) is 0 Å². The molecule has 0 aliphatic rings. The second-order valence-electron chi connectivity index (χ2n) is 5.72. The summed E-state index contributed by atoms with van der Waals surface area (Å²) in [4.78, 5) is 10.4. The van der Waals surface area contributed by atoms with Crippen LogP contribution in [0.2, 0.25) is 0 Å². The third kappa shape index (κ3) is 4.09. The van der Waals surface area contributed by atoms with Crippen LogP contribution < -0.4 is 10.1 Å². The van der Waals surface area contributed by atoms with Crippen molar-refractivity contribution < 1.29 is 14.8 Å². The number of nitro benzene ring substituents is 1. The number of nitro groups is 1. The highest BCUT2D eigenvalue weighted by atomic mass is 16.6. The molecule has 0 aliphatic heterocycles. The van der Waals surface area contributed by atoms with Crippen molar-refractivity contribution in [3.8, 4) is 5.75 Å². The van der Waals surface area contributed by atoms with E-state index in [4.69, 9.17) is 9.84 Å². The van der Waals surface area contributed by atoms with Gasteiger partial charge in [0.1, 0.15) is 0 Å². The van der Waals surface area contributed by atoms with Crippen LogP contribution in [0, 0.1) is 15.5 Å². The van der Waals surface area contributed by atoms with Crippen LogP contribution >= 0.6 is 0 Å². The molecular weight excluding hydrogens is 260 g/mol. The molecule has 1 rings (SSSR count). The summed E-state index contributed by atoms with van der Waals surface area (Å²) in [5.74, 6) is 0.219. The lowest BCUT2D eigenvalue weighted by Gasteiger charge is -2.32. The summed E-state index contributed by atoms with van der Waals surface area (Å²) in [5, 5.41) is 23.3. The van der Waals surface area contributed by atoms with Gasteiger partial charge in [0.15, 0.2) is 5.75 Å². The highest BCUT2D eigenvalue weighted by molar-refractivity contribution is 5.58. The van der Waals surface area contributed by atoms with Gasteiger partial charge >= 0.3 is 5.69 Å². The van der Waals surface area contributed by atoms with Crippen molar-refractivity contribution >= 4 is 11.4 Å². The van der Waals surface area contributed by atoms with Crippen LogP contribution in [0.15, 0.2) is 18.2 Å². The number of anilines is 1. The number of rotatable bonds is 6. The number of nitrogens with one attached hydrogen (secondary N) is 1. The van der Waals surface area contributed by atoms with E-state index >= 15 is 0 Å². The minimum atomic E-state index is -0.475. The quantitative estimate of drug-likeness (QED) is 0.619. The lowest BCUT2D eigenvalue weighted by atomic mass is 9.85. The molecule has 0 heterocycles. The van der Waals surface area contributed by atoms with E-state index in [2.05, 4.69) is 26.1 Å². The van der Waals surface area contributed by atoms with E-state index in [1.807, 2.05) is 0 Å². The number of nitrogens with zero attached hydrogens (tertiary/aromatic N) is 1. The highest BCUT2D eigenvalue weighted by Gasteiger charge is 2.24. The van der Waals surface area contributed by atoms with E-state index in [9.17, 15) is 10.1 Å². The van der Waals surface area contributed by atoms with Crippen LogP contribution in [0.4, 0.5) is 11.4 Å². The van der Waals surface area contributed by atoms with Crippen LogP contribution in [0.1, 0.15) is 27.2 Å². The molecule has 0 aromatic heterocycles. The molecule has 0 amide bonds. The summed E-state index contributed by atoms with van der Waals surface area (Å²) >= 11 is 0. The molecule has 6 nitrogen and oxygen atoms in total. The minimum absolute atomic E-state index is 0.0439. The Morgan fingerprint density at radius 3 is 2.55 bits per heavy atom. The summed E-state index contributed by atoms with van der Waals surface area (Å²) in [7, 11) is 1.40. The van der Waals surface area contributed by atoms with E-state index in [1.54, 1.807) is 12.1 Å². The Hall–Kier alpha value is -1.82. The van der Waals surface area contributed by atoms with E-state index in [0.717, 1.165) is 5.69 Å². The fraction of sp³-hybridized carbons (Fsp3) is 0.571. The molecule has 0 saturated carbocycles. The Balaban J connectivity index is 2.99. The van der Waals surface area contributed by atoms with Crippen LogP contribution in [0.3, 0.4) is 0 Å². The Morgan fingerprint density at radius 1 is 1.45 bits per heavy atom. The zero-order chi connectivity index (χ0) is 15.3. The number of ether oxygens (including phenoxy) is 1. The number of aliphatic hydroxyl groups excluding tert-OH is 1. The number of hydrogen-bond acceptors (Lipinski definition) is 5. The van der Waals surface area contributed by atoms with Gasteiger partial charge in [0.05, 0.1) is 12.0 Å². The van der Waals surface area contributed by atoms with Gasteiger partial charge < -0.3 is 15.2 Å². The first-order chi connectivity index (χ1) is 9.29. The van der Waals surface area contributed by atoms with Crippen molar-refractivity contribution in [1.29, 1.82) is 0 Å². The second kappa shape index (κ2) is 6.56. The summed E-state index contributed by atoms with van der Waals surface area (Å²) in [6.07, 6.45) is 0.600. The molecule has 1 aromatic rings. The SMILES string of the molecule is COc1cc(NC(CCO)C(C)(C)C)ccc1[N+](=O)[O-]. The molecule has 1 unspecified atom stereocenters. The van der Waals surface area contributed by atoms with Gasteiger partial charge in [-0.1, -0.05) is 20.8 Å². The van der Waals surface area contributed by atoms with Gasteiger partial charge in [-0.3, -0.25) is 10.1 Å². The maximum atomic E-state index is 10.8. The van der Waals surface area contributed by atoms with Gasteiger partial charge in [0.2, 0.25) is 0 Å². The normalized spacial score (nSPS) is 12.8. The highest BCUT2D eigenvalue weighted by Crippen LogP contribution is 2.32. The molecule has 1 aromatic carbocycles. The number of benzene rings is 1. The van der Waals surface area contributed by atoms with E-state index in [-0.39, 0.29) is 29.5 Å². The zero-order valence-electron chi connectivity index (χ0n) is 12.3. The molecular formula is C14H22N2O4. The van der Waals surface area contributed by atoms with Crippen molar-refractivity contribution in [2.75, 3.05) is 19.0 Å². The summed E-state index contributed by atoms with van der Waals surface area (Å²) in [5.41, 5.74) is 0.630. The predicted molar refractivity (Wildman–Crippen MR) is 78.2 cm³/mol. The van der Waals surface area contributed by atoms with Gasteiger partial charge in [-0.05, 0) is 17.9 Å². The summed E-state index contributed by atoms with van der Waals surface area (Å²) in [6.45, 7) is 6.30. The minimum Gasteiger partial charge on any atom is -0.490 e. The molecule has 112 valence electrons. The fourth-order valence-electron chi connectivity index (χ4n) is 1.97. The maximum Gasteiger partial charge on any atom is 0.311 e. The maximum absolute atomic E-state index is 10.8. The van der Waals surface area contributed by atoms with E-state index < -0.39 is 4.92 Å². The molecule has 1 atom stereocenters. The molecule has 0 saturated heterocycles. The molecule has 0 radical (unpaired) electrons. The standard InChI is InChI=1S/C14H22N2O4/c1-14(2,3)13(7-8-17)15-10-5-6-11(16(18)19)12(9-10)20-4/h5-6,9,13,15,17H,7-8H2,1-4H3. The first-order valence-corrected chi connectivity index (χ1v) is 6.49. The third-order valence-corrected chi connectivity index (χ3v) is 3.18. The van der Waals surface area contributed by atoms with Crippen molar-refractivity contribution in [2.45, 2.75) is 33.2 Å². The number of hydrogen-bond donors (Lipinski definition) is 2. The Kier molecular flexibility index (Phi) is 5.33. The van der Waals surface area contributed by atoms with Gasteiger partial charge in [-0.2, -0.15) is 0 Å². The molecule has 0 fully saturated rings. The fourth-order valence-corrected chi connectivity index (χ4v) is 1.97. The number of aliphatic hydroxyl groups is 1. The molecule has 0 spiro atoms.